The molecule has 2 aromatic rings. The standard InChI is InChI=1S/C15H19N3O/c1-15(2,3)11-5-7-12(8-6-11)17-14(19)13-9-16-10-18(13)4/h5-10H,1-4H3,(H,17,19). The minimum atomic E-state index is -0.150. The lowest BCUT2D eigenvalue weighted by molar-refractivity contribution is 0.101. The van der Waals surface area contributed by atoms with Gasteiger partial charge in [-0.25, -0.2) is 4.98 Å². The van der Waals surface area contributed by atoms with Gasteiger partial charge in [-0.1, -0.05) is 32.9 Å². The van der Waals surface area contributed by atoms with E-state index in [0.717, 1.165) is 5.69 Å². The third-order valence-electron chi connectivity index (χ3n) is 3.06. The topological polar surface area (TPSA) is 46.9 Å². The molecule has 0 saturated carbocycles. The van der Waals surface area contributed by atoms with Crippen molar-refractivity contribution in [2.75, 3.05) is 5.32 Å². The van der Waals surface area contributed by atoms with E-state index in [1.54, 1.807) is 24.1 Å². The Morgan fingerprint density at radius 3 is 2.32 bits per heavy atom. The van der Waals surface area contributed by atoms with Crippen LogP contribution in [0.4, 0.5) is 5.69 Å². The third-order valence-corrected chi connectivity index (χ3v) is 3.06. The maximum atomic E-state index is 12.0. The molecule has 4 heteroatoms. The summed E-state index contributed by atoms with van der Waals surface area (Å²) in [4.78, 5) is 15.9. The Balaban J connectivity index is 2.12. The lowest BCUT2D eigenvalue weighted by atomic mass is 9.87. The number of carbonyl (C=O) groups is 1. The van der Waals surface area contributed by atoms with Crippen molar-refractivity contribution in [3.05, 3.63) is 48.0 Å². The number of imidazole rings is 1. The van der Waals surface area contributed by atoms with E-state index in [0.29, 0.717) is 5.69 Å². The number of nitrogens with zero attached hydrogens (tertiary/aromatic N) is 2. The summed E-state index contributed by atoms with van der Waals surface area (Å²) in [6.07, 6.45) is 3.16. The quantitative estimate of drug-likeness (QED) is 0.899. The second kappa shape index (κ2) is 4.88. The van der Waals surface area contributed by atoms with Crippen LogP contribution in [-0.2, 0) is 12.5 Å². The molecule has 0 spiro atoms. The van der Waals surface area contributed by atoms with Gasteiger partial charge in [0.15, 0.2) is 0 Å². The molecule has 0 unspecified atom stereocenters. The van der Waals surface area contributed by atoms with Crippen molar-refractivity contribution in [3.8, 4) is 0 Å². The second-order valence-electron chi connectivity index (χ2n) is 5.67. The van der Waals surface area contributed by atoms with Gasteiger partial charge in [0.05, 0.1) is 12.5 Å². The number of aryl methyl sites for hydroxylation is 1. The number of benzene rings is 1. The first kappa shape index (κ1) is 13.3. The van der Waals surface area contributed by atoms with Crippen LogP contribution in [0.5, 0.6) is 0 Å². The number of carbonyl (C=O) groups excluding carboxylic acids is 1. The molecular weight excluding hydrogens is 238 g/mol. The van der Waals surface area contributed by atoms with Crippen molar-refractivity contribution in [2.45, 2.75) is 26.2 Å². The van der Waals surface area contributed by atoms with Crippen molar-refractivity contribution < 1.29 is 4.79 Å². The molecule has 0 radical (unpaired) electrons. The van der Waals surface area contributed by atoms with Crippen molar-refractivity contribution in [1.29, 1.82) is 0 Å². The van der Waals surface area contributed by atoms with Crippen LogP contribution in [0.1, 0.15) is 36.8 Å². The van der Waals surface area contributed by atoms with Crippen molar-refractivity contribution in [3.63, 3.8) is 0 Å². The minimum absolute atomic E-state index is 0.116. The smallest absolute Gasteiger partial charge is 0.273 e. The molecule has 1 N–H and O–H groups in total. The molecule has 0 aliphatic rings. The summed E-state index contributed by atoms with van der Waals surface area (Å²) in [5, 5.41) is 2.86. The Bertz CT molecular complexity index is 576. The SMILES string of the molecule is Cn1cncc1C(=O)Nc1ccc(C(C)(C)C)cc1. The summed E-state index contributed by atoms with van der Waals surface area (Å²) in [7, 11) is 1.80. The predicted octanol–water partition coefficient (Wildman–Crippen LogP) is 2.97. The Hall–Kier alpha value is -2.10. The average Bonchev–Trinajstić information content (AvgIpc) is 2.75. The van der Waals surface area contributed by atoms with Gasteiger partial charge in [0.1, 0.15) is 5.69 Å². The predicted molar refractivity (Wildman–Crippen MR) is 76.3 cm³/mol. The summed E-state index contributed by atoms with van der Waals surface area (Å²) in [6, 6.07) is 7.93. The summed E-state index contributed by atoms with van der Waals surface area (Å²) in [5.74, 6) is -0.150. The van der Waals surface area contributed by atoms with Gasteiger partial charge in [-0.3, -0.25) is 4.79 Å². The molecule has 2 rings (SSSR count). The highest BCUT2D eigenvalue weighted by atomic mass is 16.1. The molecule has 19 heavy (non-hydrogen) atoms. The molecule has 0 aliphatic heterocycles. The fraction of sp³-hybridized carbons (Fsp3) is 0.333. The summed E-state index contributed by atoms with van der Waals surface area (Å²) in [6.45, 7) is 6.49. The van der Waals surface area contributed by atoms with Crippen LogP contribution >= 0.6 is 0 Å². The van der Waals surface area contributed by atoms with Crippen molar-refractivity contribution in [2.24, 2.45) is 7.05 Å². The fourth-order valence-corrected chi connectivity index (χ4v) is 1.82. The molecule has 0 atom stereocenters. The van der Waals surface area contributed by atoms with Gasteiger partial charge in [0.2, 0.25) is 0 Å². The van der Waals surface area contributed by atoms with Gasteiger partial charge in [0.25, 0.3) is 5.91 Å². The number of hydrogen-bond donors (Lipinski definition) is 1. The van der Waals surface area contributed by atoms with Crippen LogP contribution in [0.3, 0.4) is 0 Å². The lowest BCUT2D eigenvalue weighted by Crippen LogP contribution is -2.16. The molecule has 100 valence electrons. The van der Waals surface area contributed by atoms with Gasteiger partial charge in [-0.15, -0.1) is 0 Å². The molecule has 1 heterocycles. The summed E-state index contributed by atoms with van der Waals surface area (Å²) < 4.78 is 1.69. The van der Waals surface area contributed by atoms with Gasteiger partial charge in [-0.05, 0) is 23.1 Å². The van der Waals surface area contributed by atoms with Gasteiger partial charge < -0.3 is 9.88 Å². The molecule has 0 aliphatic carbocycles. The largest absolute Gasteiger partial charge is 0.330 e. The number of aromatic nitrogens is 2. The molecule has 0 fully saturated rings. The first-order valence-corrected chi connectivity index (χ1v) is 6.26. The highest BCUT2D eigenvalue weighted by molar-refractivity contribution is 6.02. The van der Waals surface area contributed by atoms with Gasteiger partial charge in [0, 0.05) is 12.7 Å². The zero-order valence-electron chi connectivity index (χ0n) is 11.8. The van der Waals surface area contributed by atoms with Crippen molar-refractivity contribution in [1.82, 2.24) is 9.55 Å². The Kier molecular flexibility index (Phi) is 3.42. The molecule has 0 saturated heterocycles. The maximum Gasteiger partial charge on any atom is 0.273 e. The highest BCUT2D eigenvalue weighted by Crippen LogP contribution is 2.23. The second-order valence-corrected chi connectivity index (χ2v) is 5.67. The van der Waals surface area contributed by atoms with Crippen molar-refractivity contribution >= 4 is 11.6 Å². The Labute approximate surface area is 113 Å². The summed E-state index contributed by atoms with van der Waals surface area (Å²) in [5.41, 5.74) is 2.69. The number of nitrogens with one attached hydrogen (secondary N) is 1. The molecule has 1 amide bonds. The number of amides is 1. The van der Waals surface area contributed by atoms with E-state index in [9.17, 15) is 4.79 Å². The first-order valence-electron chi connectivity index (χ1n) is 6.26. The van der Waals surface area contributed by atoms with Crippen LogP contribution in [0.2, 0.25) is 0 Å². The van der Waals surface area contributed by atoms with E-state index in [-0.39, 0.29) is 11.3 Å². The zero-order chi connectivity index (χ0) is 14.0. The fourth-order valence-electron chi connectivity index (χ4n) is 1.82. The Morgan fingerprint density at radius 2 is 1.84 bits per heavy atom. The number of anilines is 1. The number of rotatable bonds is 2. The zero-order valence-corrected chi connectivity index (χ0v) is 11.8. The lowest BCUT2D eigenvalue weighted by Gasteiger charge is -2.19. The van der Waals surface area contributed by atoms with Crippen LogP contribution in [0, 0.1) is 0 Å². The van der Waals surface area contributed by atoms with E-state index in [1.165, 1.54) is 5.56 Å². The third kappa shape index (κ3) is 3.02. The average molecular weight is 257 g/mol. The minimum Gasteiger partial charge on any atom is -0.330 e. The van der Waals surface area contributed by atoms with E-state index in [1.807, 2.05) is 24.3 Å². The monoisotopic (exact) mass is 257 g/mol. The maximum absolute atomic E-state index is 12.0. The normalized spacial score (nSPS) is 11.4. The molecule has 1 aromatic carbocycles. The van der Waals surface area contributed by atoms with Crippen LogP contribution in [0.25, 0.3) is 0 Å². The van der Waals surface area contributed by atoms with E-state index >= 15 is 0 Å². The first-order chi connectivity index (χ1) is 8.88. The summed E-state index contributed by atoms with van der Waals surface area (Å²) >= 11 is 0. The highest BCUT2D eigenvalue weighted by Gasteiger charge is 2.14. The molecule has 0 bridgehead atoms. The Morgan fingerprint density at radius 1 is 1.21 bits per heavy atom. The van der Waals surface area contributed by atoms with Crippen LogP contribution in [0.15, 0.2) is 36.8 Å². The van der Waals surface area contributed by atoms with E-state index in [4.69, 9.17) is 0 Å². The van der Waals surface area contributed by atoms with Crippen LogP contribution < -0.4 is 5.32 Å². The van der Waals surface area contributed by atoms with E-state index in [2.05, 4.69) is 31.1 Å². The number of hydrogen-bond acceptors (Lipinski definition) is 2. The molecular formula is C15H19N3O. The molecule has 4 nitrogen and oxygen atoms in total. The van der Waals surface area contributed by atoms with Gasteiger partial charge in [-0.2, -0.15) is 0 Å². The van der Waals surface area contributed by atoms with Gasteiger partial charge >= 0.3 is 0 Å². The van der Waals surface area contributed by atoms with E-state index < -0.39 is 0 Å². The molecule has 1 aromatic heterocycles. The van der Waals surface area contributed by atoms with Crippen LogP contribution in [-0.4, -0.2) is 15.5 Å².